The number of likely N-dealkylation sites (tertiary alicyclic amines) is 1. The summed E-state index contributed by atoms with van der Waals surface area (Å²) in [4.78, 5) is 27.4. The van der Waals surface area contributed by atoms with Gasteiger partial charge in [-0.2, -0.15) is 0 Å². The second-order valence-electron chi connectivity index (χ2n) is 8.72. The molecule has 1 unspecified atom stereocenters. The van der Waals surface area contributed by atoms with Crippen LogP contribution in [0.5, 0.6) is 0 Å². The summed E-state index contributed by atoms with van der Waals surface area (Å²) in [5, 5.41) is 11.0. The molecule has 0 bridgehead atoms. The number of aliphatic hydroxyl groups is 1. The molecule has 6 heteroatoms. The smallest absolute Gasteiger partial charge is 0.295 e. The highest BCUT2D eigenvalue weighted by atomic mass is 79.9. The van der Waals surface area contributed by atoms with E-state index in [1.165, 1.54) is 4.90 Å². The maximum atomic E-state index is 13.0. The first kappa shape index (κ1) is 23.2. The molecule has 1 N–H and O–H groups in total. The van der Waals surface area contributed by atoms with Gasteiger partial charge in [0.1, 0.15) is 5.76 Å². The molecule has 0 radical (unpaired) electrons. The molecular formula is C25H28BrNO4. The Morgan fingerprint density at radius 2 is 1.68 bits per heavy atom. The van der Waals surface area contributed by atoms with E-state index in [0.29, 0.717) is 25.1 Å². The normalized spacial score (nSPS) is 18.6. The van der Waals surface area contributed by atoms with Gasteiger partial charge in [0.15, 0.2) is 0 Å². The number of rotatable bonds is 6. The minimum absolute atomic E-state index is 0.0176. The van der Waals surface area contributed by atoms with Gasteiger partial charge >= 0.3 is 0 Å². The largest absolute Gasteiger partial charge is 0.507 e. The Labute approximate surface area is 191 Å². The summed E-state index contributed by atoms with van der Waals surface area (Å²) in [6, 6.07) is 14.3. The van der Waals surface area contributed by atoms with E-state index in [1.54, 1.807) is 31.4 Å². The molecule has 5 nitrogen and oxygen atoms in total. The molecule has 1 saturated heterocycles. The van der Waals surface area contributed by atoms with E-state index in [9.17, 15) is 14.7 Å². The number of ether oxygens (including phenoxy) is 1. The molecular weight excluding hydrogens is 458 g/mol. The van der Waals surface area contributed by atoms with E-state index < -0.39 is 17.7 Å². The quantitative estimate of drug-likeness (QED) is 0.264. The first-order valence-electron chi connectivity index (χ1n) is 10.3. The number of hydrogen-bond donors (Lipinski definition) is 1. The maximum Gasteiger partial charge on any atom is 0.295 e. The number of nitrogens with zero attached hydrogens (tertiary/aromatic N) is 1. The summed E-state index contributed by atoms with van der Waals surface area (Å²) in [7, 11) is 1.60. The average Bonchev–Trinajstić information content (AvgIpc) is 2.98. The van der Waals surface area contributed by atoms with Gasteiger partial charge in [0, 0.05) is 30.3 Å². The number of halogens is 1. The SMILES string of the molecule is COCCCN1C(=O)C(=O)/C(=C(\O)c2ccc(Br)cc2)C1c1ccc(C(C)(C)C)cc1. The Morgan fingerprint density at radius 3 is 2.23 bits per heavy atom. The summed E-state index contributed by atoms with van der Waals surface area (Å²) in [5.41, 5.74) is 2.54. The zero-order valence-corrected chi connectivity index (χ0v) is 19.9. The van der Waals surface area contributed by atoms with Crippen LogP contribution >= 0.6 is 15.9 Å². The van der Waals surface area contributed by atoms with Crippen molar-refractivity contribution in [2.24, 2.45) is 0 Å². The van der Waals surface area contributed by atoms with Crippen molar-refractivity contribution in [3.05, 3.63) is 75.3 Å². The van der Waals surface area contributed by atoms with Crippen LogP contribution in [-0.4, -0.2) is 42.0 Å². The fourth-order valence-corrected chi connectivity index (χ4v) is 4.03. The van der Waals surface area contributed by atoms with E-state index in [0.717, 1.165) is 15.6 Å². The first-order chi connectivity index (χ1) is 14.6. The van der Waals surface area contributed by atoms with Crippen molar-refractivity contribution < 1.29 is 19.4 Å². The van der Waals surface area contributed by atoms with Crippen LogP contribution in [0.15, 0.2) is 58.6 Å². The van der Waals surface area contributed by atoms with Crippen molar-refractivity contribution in [3.8, 4) is 0 Å². The number of methoxy groups -OCH3 is 1. The lowest BCUT2D eigenvalue weighted by atomic mass is 9.85. The molecule has 3 rings (SSSR count). The summed E-state index contributed by atoms with van der Waals surface area (Å²) in [6.45, 7) is 7.23. The third-order valence-corrected chi connectivity index (χ3v) is 6.03. The predicted octanol–water partition coefficient (Wildman–Crippen LogP) is 5.20. The molecule has 1 heterocycles. The van der Waals surface area contributed by atoms with Crippen molar-refractivity contribution in [2.45, 2.75) is 38.6 Å². The molecule has 1 atom stereocenters. The number of hydrogen-bond acceptors (Lipinski definition) is 4. The van der Waals surface area contributed by atoms with Crippen molar-refractivity contribution >= 4 is 33.4 Å². The van der Waals surface area contributed by atoms with Crippen molar-refractivity contribution in [2.75, 3.05) is 20.3 Å². The van der Waals surface area contributed by atoms with Gasteiger partial charge in [-0.15, -0.1) is 0 Å². The Morgan fingerprint density at radius 1 is 1.06 bits per heavy atom. The van der Waals surface area contributed by atoms with Crippen LogP contribution in [0, 0.1) is 0 Å². The highest BCUT2D eigenvalue weighted by Crippen LogP contribution is 2.40. The van der Waals surface area contributed by atoms with E-state index in [-0.39, 0.29) is 16.7 Å². The summed E-state index contributed by atoms with van der Waals surface area (Å²) >= 11 is 3.38. The van der Waals surface area contributed by atoms with Crippen LogP contribution in [0.1, 0.15) is 49.9 Å². The van der Waals surface area contributed by atoms with Crippen molar-refractivity contribution in [1.29, 1.82) is 0 Å². The van der Waals surface area contributed by atoms with Crippen LogP contribution < -0.4 is 0 Å². The number of Topliss-reactive ketones (excluding diaryl/α,β-unsaturated/α-hetero) is 1. The molecule has 0 spiro atoms. The van der Waals surface area contributed by atoms with Crippen LogP contribution in [0.4, 0.5) is 0 Å². The third kappa shape index (κ3) is 4.91. The van der Waals surface area contributed by atoms with Crippen molar-refractivity contribution in [1.82, 2.24) is 4.90 Å². The number of amides is 1. The van der Waals surface area contributed by atoms with Gasteiger partial charge in [-0.1, -0.05) is 73.1 Å². The minimum atomic E-state index is -0.664. The summed E-state index contributed by atoms with van der Waals surface area (Å²) < 4.78 is 5.98. The Balaban J connectivity index is 2.11. The lowest BCUT2D eigenvalue weighted by molar-refractivity contribution is -0.140. The van der Waals surface area contributed by atoms with Gasteiger partial charge in [-0.25, -0.2) is 0 Å². The second kappa shape index (κ2) is 9.37. The fourth-order valence-electron chi connectivity index (χ4n) is 3.77. The van der Waals surface area contributed by atoms with Crippen LogP contribution in [0.25, 0.3) is 5.76 Å². The van der Waals surface area contributed by atoms with Gasteiger partial charge in [0.05, 0.1) is 11.6 Å². The molecule has 2 aromatic rings. The Hall–Kier alpha value is -2.44. The van der Waals surface area contributed by atoms with Crippen LogP contribution in [-0.2, 0) is 19.7 Å². The number of carbonyl (C=O) groups is 2. The molecule has 1 fully saturated rings. The number of benzene rings is 2. The van der Waals surface area contributed by atoms with Crippen molar-refractivity contribution in [3.63, 3.8) is 0 Å². The molecule has 31 heavy (non-hydrogen) atoms. The standard InChI is InChI=1S/C25H28BrNO4/c1-25(2,3)18-10-6-16(7-11-18)21-20(22(28)17-8-12-19(26)13-9-17)23(29)24(30)27(21)14-5-15-31-4/h6-13,21,28H,5,14-15H2,1-4H3/b22-20-. The van der Waals surface area contributed by atoms with E-state index in [1.807, 2.05) is 24.3 Å². The van der Waals surface area contributed by atoms with Crippen LogP contribution in [0.2, 0.25) is 0 Å². The van der Waals surface area contributed by atoms with E-state index in [2.05, 4.69) is 36.7 Å². The minimum Gasteiger partial charge on any atom is -0.507 e. The van der Waals surface area contributed by atoms with E-state index >= 15 is 0 Å². The van der Waals surface area contributed by atoms with Gasteiger partial charge in [0.2, 0.25) is 0 Å². The molecule has 1 aliphatic rings. The summed E-state index contributed by atoms with van der Waals surface area (Å²) in [5.74, 6) is -1.42. The molecule has 1 aliphatic heterocycles. The maximum absolute atomic E-state index is 13.0. The van der Waals surface area contributed by atoms with Gasteiger partial charge in [-0.05, 0) is 35.1 Å². The zero-order valence-electron chi connectivity index (χ0n) is 18.3. The lowest BCUT2D eigenvalue weighted by Crippen LogP contribution is -2.31. The predicted molar refractivity (Wildman–Crippen MR) is 125 cm³/mol. The first-order valence-corrected chi connectivity index (χ1v) is 11.1. The number of carbonyl (C=O) groups excluding carboxylic acids is 2. The monoisotopic (exact) mass is 485 g/mol. The van der Waals surface area contributed by atoms with Crippen LogP contribution in [0.3, 0.4) is 0 Å². The average molecular weight is 486 g/mol. The fraction of sp³-hybridized carbons (Fsp3) is 0.360. The van der Waals surface area contributed by atoms with Gasteiger partial charge in [-0.3, -0.25) is 9.59 Å². The Kier molecular flexibility index (Phi) is 7.02. The molecule has 0 saturated carbocycles. The van der Waals surface area contributed by atoms with Gasteiger partial charge < -0.3 is 14.7 Å². The second-order valence-corrected chi connectivity index (χ2v) is 9.63. The number of ketones is 1. The number of aliphatic hydroxyl groups excluding tert-OH is 1. The third-order valence-electron chi connectivity index (χ3n) is 5.50. The highest BCUT2D eigenvalue weighted by molar-refractivity contribution is 9.10. The molecule has 0 aromatic heterocycles. The summed E-state index contributed by atoms with van der Waals surface area (Å²) in [6.07, 6.45) is 0.596. The molecule has 2 aromatic carbocycles. The molecule has 164 valence electrons. The van der Waals surface area contributed by atoms with E-state index in [4.69, 9.17) is 4.74 Å². The molecule has 1 amide bonds. The highest BCUT2D eigenvalue weighted by Gasteiger charge is 2.45. The lowest BCUT2D eigenvalue weighted by Gasteiger charge is -2.26. The Bertz CT molecular complexity index is 988. The molecule has 0 aliphatic carbocycles. The topological polar surface area (TPSA) is 66.8 Å². The zero-order chi connectivity index (χ0) is 22.8. The van der Waals surface area contributed by atoms with Gasteiger partial charge in [0.25, 0.3) is 11.7 Å².